The fourth-order valence-corrected chi connectivity index (χ4v) is 3.59. The summed E-state index contributed by atoms with van der Waals surface area (Å²) in [4.78, 5) is 0. The van der Waals surface area contributed by atoms with Crippen LogP contribution in [0.1, 0.15) is 11.1 Å². The molecule has 0 unspecified atom stereocenters. The van der Waals surface area contributed by atoms with Crippen LogP contribution in [0.15, 0.2) is 77.9 Å². The summed E-state index contributed by atoms with van der Waals surface area (Å²) in [6.45, 7) is 0. The van der Waals surface area contributed by atoms with Crippen molar-refractivity contribution < 1.29 is 23.0 Å². The lowest BCUT2D eigenvalue weighted by atomic mass is 9.98. The fraction of sp³-hybridized carbons (Fsp3) is 0. The van der Waals surface area contributed by atoms with E-state index in [0.29, 0.717) is 15.7 Å². The third kappa shape index (κ3) is 2.91. The van der Waals surface area contributed by atoms with Gasteiger partial charge < -0.3 is 18.4 Å². The van der Waals surface area contributed by atoms with Crippen molar-refractivity contribution in [3.63, 3.8) is 0 Å². The van der Waals surface area contributed by atoms with E-state index in [1.165, 1.54) is 18.5 Å². The van der Waals surface area contributed by atoms with Gasteiger partial charge in [0.05, 0.1) is 11.3 Å². The summed E-state index contributed by atoms with van der Waals surface area (Å²) >= 11 is 0. The van der Waals surface area contributed by atoms with Gasteiger partial charge in [0.1, 0.15) is 12.0 Å². The van der Waals surface area contributed by atoms with Crippen LogP contribution in [0.5, 0.6) is 11.5 Å². The van der Waals surface area contributed by atoms with Crippen molar-refractivity contribution >= 4 is 41.0 Å². The number of rotatable bonds is 2. The van der Waals surface area contributed by atoms with E-state index in [-0.39, 0.29) is 11.5 Å². The molecule has 29 heavy (non-hydrogen) atoms. The van der Waals surface area contributed by atoms with E-state index in [9.17, 15) is 13.7 Å². The molecule has 0 aromatic heterocycles. The first-order valence-corrected chi connectivity index (χ1v) is 9.13. The van der Waals surface area contributed by atoms with Crippen molar-refractivity contribution in [2.24, 2.45) is 5.10 Å². The summed E-state index contributed by atoms with van der Waals surface area (Å²) in [5.41, 5.74) is 0.905. The molecule has 0 radical (unpaired) electrons. The summed E-state index contributed by atoms with van der Waals surface area (Å²) in [6, 6.07) is 21.4. The number of hydrogen-bond donors (Lipinski definition) is 1. The molecule has 0 spiro atoms. The highest BCUT2D eigenvalue weighted by Crippen LogP contribution is 2.33. The molecule has 1 aliphatic rings. The Bertz CT molecular complexity index is 1340. The highest BCUT2D eigenvalue weighted by Gasteiger charge is 2.51. The third-order valence-electron chi connectivity index (χ3n) is 5.04. The lowest BCUT2D eigenvalue weighted by molar-refractivity contribution is -0.439. The van der Waals surface area contributed by atoms with Crippen LogP contribution < -0.4 is 4.65 Å². The van der Waals surface area contributed by atoms with Gasteiger partial charge in [-0.15, -0.1) is 0 Å². The molecule has 4 nitrogen and oxygen atoms in total. The lowest BCUT2D eigenvalue weighted by Gasteiger charge is -2.25. The Labute approximate surface area is 165 Å². The summed E-state index contributed by atoms with van der Waals surface area (Å²) in [7, 11) is -4.40. The third-order valence-corrected chi connectivity index (χ3v) is 5.04. The van der Waals surface area contributed by atoms with Gasteiger partial charge >= 0.3 is 7.04 Å². The Kier molecular flexibility index (Phi) is 3.84. The van der Waals surface area contributed by atoms with E-state index in [1.54, 1.807) is 24.3 Å². The largest absolute Gasteiger partial charge is 0.858 e. The van der Waals surface area contributed by atoms with Gasteiger partial charge in [0, 0.05) is 5.56 Å². The van der Waals surface area contributed by atoms with Crippen molar-refractivity contribution in [3.8, 4) is 11.5 Å². The fourth-order valence-electron chi connectivity index (χ4n) is 3.59. The van der Waals surface area contributed by atoms with E-state index in [2.05, 4.69) is 5.10 Å². The zero-order chi connectivity index (χ0) is 20.0. The Morgan fingerprint density at radius 1 is 0.862 bits per heavy atom. The maximum atomic E-state index is 14.6. The maximum absolute atomic E-state index is 14.6. The van der Waals surface area contributed by atoms with Gasteiger partial charge in [-0.25, -0.2) is 0 Å². The lowest BCUT2D eigenvalue weighted by Crippen LogP contribution is -2.46. The van der Waals surface area contributed by atoms with Crippen LogP contribution in [0, 0.1) is 0 Å². The monoisotopic (exact) mass is 388 g/mol. The van der Waals surface area contributed by atoms with Gasteiger partial charge in [0.25, 0.3) is 0 Å². The molecule has 0 fully saturated rings. The SMILES string of the molecule is Oc1ccc2ccccc2c1/C=N/[N+]1=Cc2c(ccc3ccccc23)O[B-]1(F)F. The first-order chi connectivity index (χ1) is 14.0. The number of phenols is 1. The topological polar surface area (TPSA) is 44.8 Å². The average molecular weight is 388 g/mol. The molecule has 4 aromatic rings. The predicted molar refractivity (Wildman–Crippen MR) is 111 cm³/mol. The number of hydrogen-bond acceptors (Lipinski definition) is 3. The van der Waals surface area contributed by atoms with Crippen LogP contribution in [0.25, 0.3) is 21.5 Å². The molecule has 0 aliphatic carbocycles. The molecule has 0 bridgehead atoms. The first kappa shape index (κ1) is 17.4. The van der Waals surface area contributed by atoms with Crippen molar-refractivity contribution in [2.45, 2.75) is 0 Å². The molecule has 1 heterocycles. The molecule has 4 aromatic carbocycles. The maximum Gasteiger partial charge on any atom is 0.858 e. The van der Waals surface area contributed by atoms with Crippen molar-refractivity contribution in [1.82, 2.24) is 0 Å². The van der Waals surface area contributed by atoms with E-state index in [0.717, 1.165) is 21.5 Å². The summed E-state index contributed by atoms with van der Waals surface area (Å²) in [5.74, 6) is 0.0835. The Hall–Kier alpha value is -3.74. The highest BCUT2D eigenvalue weighted by molar-refractivity contribution is 6.52. The number of aromatic hydroxyl groups is 1. The van der Waals surface area contributed by atoms with Gasteiger partial charge in [-0.3, -0.25) is 0 Å². The number of benzene rings is 4. The van der Waals surface area contributed by atoms with Crippen LogP contribution >= 0.6 is 0 Å². The van der Waals surface area contributed by atoms with Gasteiger partial charge in [0.2, 0.25) is 0 Å². The molecule has 0 saturated heterocycles. The standard InChI is InChI=1S/C22H15BF2N2O2/c24-23(25)27(14-20-18-8-4-2-6-16(18)10-12-22(20)29-23)26-13-19-17-7-3-1-5-15(17)9-11-21(19)28/h1-14,28H/b26-13+. The van der Waals surface area contributed by atoms with E-state index in [1.807, 2.05) is 42.5 Å². The zero-order valence-electron chi connectivity index (χ0n) is 15.2. The van der Waals surface area contributed by atoms with Crippen molar-refractivity contribution in [1.29, 1.82) is 0 Å². The average Bonchev–Trinajstić information content (AvgIpc) is 2.72. The first-order valence-electron chi connectivity index (χ1n) is 9.13. The molecule has 0 amide bonds. The molecule has 142 valence electrons. The molecule has 1 aliphatic heterocycles. The second kappa shape index (κ2) is 6.41. The number of nitrogens with zero attached hydrogens (tertiary/aromatic N) is 2. The summed E-state index contributed by atoms with van der Waals surface area (Å²) in [6.07, 6.45) is 2.53. The molecular formula is C22H15BF2N2O2. The molecule has 5 rings (SSSR count). The number of halogens is 2. The molecule has 0 saturated carbocycles. The number of fused-ring (bicyclic) bond motifs is 4. The Morgan fingerprint density at radius 2 is 1.52 bits per heavy atom. The number of phenolic OH excluding ortho intramolecular Hbond substituents is 1. The summed E-state index contributed by atoms with van der Waals surface area (Å²) < 4.78 is 34.8. The van der Waals surface area contributed by atoms with Gasteiger partial charge in [-0.1, -0.05) is 65.8 Å². The Balaban J connectivity index is 1.66. The van der Waals surface area contributed by atoms with Crippen LogP contribution in [-0.4, -0.2) is 29.2 Å². The predicted octanol–water partition coefficient (Wildman–Crippen LogP) is 4.93. The van der Waals surface area contributed by atoms with Crippen LogP contribution in [0.2, 0.25) is 0 Å². The van der Waals surface area contributed by atoms with Gasteiger partial charge in [0.15, 0.2) is 6.21 Å². The van der Waals surface area contributed by atoms with Crippen molar-refractivity contribution in [2.75, 3.05) is 0 Å². The second-order valence-corrected chi connectivity index (χ2v) is 6.85. The summed E-state index contributed by atoms with van der Waals surface area (Å²) in [5, 5.41) is 17.5. The van der Waals surface area contributed by atoms with Crippen molar-refractivity contribution in [3.05, 3.63) is 83.9 Å². The minimum Gasteiger partial charge on any atom is -0.597 e. The van der Waals surface area contributed by atoms with Crippen LogP contribution in [0.4, 0.5) is 8.63 Å². The molecule has 7 heteroatoms. The molecular weight excluding hydrogens is 373 g/mol. The normalized spacial score (nSPS) is 15.3. The van der Waals surface area contributed by atoms with E-state index in [4.69, 9.17) is 4.65 Å². The van der Waals surface area contributed by atoms with Crippen LogP contribution in [0.3, 0.4) is 0 Å². The minimum atomic E-state index is -4.40. The van der Waals surface area contributed by atoms with E-state index >= 15 is 0 Å². The highest BCUT2D eigenvalue weighted by atomic mass is 19.3. The minimum absolute atomic E-state index is 0.0351. The van der Waals surface area contributed by atoms with Crippen LogP contribution in [-0.2, 0) is 0 Å². The van der Waals surface area contributed by atoms with Gasteiger partial charge in [-0.2, -0.15) is 4.60 Å². The molecule has 1 N–H and O–H groups in total. The van der Waals surface area contributed by atoms with E-state index < -0.39 is 7.04 Å². The van der Waals surface area contributed by atoms with Gasteiger partial charge in [-0.05, 0) is 33.7 Å². The smallest absolute Gasteiger partial charge is 0.597 e. The zero-order valence-corrected chi connectivity index (χ0v) is 15.2. The molecule has 0 atom stereocenters. The number of hydrazone groups is 1. The Morgan fingerprint density at radius 3 is 2.31 bits per heavy atom. The quantitative estimate of drug-likeness (QED) is 0.391. The second-order valence-electron chi connectivity index (χ2n) is 6.85.